The van der Waals surface area contributed by atoms with Gasteiger partial charge in [-0.15, -0.1) is 11.8 Å². The van der Waals surface area contributed by atoms with Gasteiger partial charge in [0.15, 0.2) is 0 Å². The lowest BCUT2D eigenvalue weighted by molar-refractivity contribution is -0.128. The number of nitrogens with zero attached hydrogens (tertiary/aromatic N) is 1. The van der Waals surface area contributed by atoms with Crippen molar-refractivity contribution in [2.24, 2.45) is 17.6 Å². The molecule has 1 aliphatic carbocycles. The monoisotopic (exact) mass is 304 g/mol. The van der Waals surface area contributed by atoms with Gasteiger partial charge in [-0.3, -0.25) is 4.79 Å². The zero-order valence-corrected chi connectivity index (χ0v) is 13.2. The topological polar surface area (TPSA) is 46.3 Å². The van der Waals surface area contributed by atoms with Gasteiger partial charge in [-0.1, -0.05) is 30.3 Å². The van der Waals surface area contributed by atoms with E-state index in [-0.39, 0.29) is 5.37 Å². The third kappa shape index (κ3) is 3.43. The van der Waals surface area contributed by atoms with Gasteiger partial charge in [-0.2, -0.15) is 0 Å². The maximum atomic E-state index is 12.2. The Bertz CT molecular complexity index is 471. The van der Waals surface area contributed by atoms with Crippen LogP contribution in [0.5, 0.6) is 0 Å². The van der Waals surface area contributed by atoms with Crippen molar-refractivity contribution in [3.05, 3.63) is 35.9 Å². The molecule has 2 aliphatic rings. The maximum absolute atomic E-state index is 12.2. The summed E-state index contributed by atoms with van der Waals surface area (Å²) in [6.45, 7) is 1.74. The summed E-state index contributed by atoms with van der Waals surface area (Å²) in [5.41, 5.74) is 7.02. The summed E-state index contributed by atoms with van der Waals surface area (Å²) >= 11 is 1.76. The van der Waals surface area contributed by atoms with E-state index in [9.17, 15) is 4.79 Å². The fourth-order valence-corrected chi connectivity index (χ4v) is 4.67. The van der Waals surface area contributed by atoms with Crippen molar-refractivity contribution in [1.82, 2.24) is 4.90 Å². The number of hydrogen-bond acceptors (Lipinski definition) is 3. The highest BCUT2D eigenvalue weighted by molar-refractivity contribution is 8.00. The van der Waals surface area contributed by atoms with Crippen LogP contribution in [-0.2, 0) is 4.79 Å². The molecule has 2 fully saturated rings. The Kier molecular flexibility index (Phi) is 4.86. The number of carbonyl (C=O) groups is 1. The molecular formula is C17H24N2OS. The molecule has 114 valence electrons. The van der Waals surface area contributed by atoms with Crippen LogP contribution < -0.4 is 5.73 Å². The summed E-state index contributed by atoms with van der Waals surface area (Å²) in [5, 5.41) is 0.214. The van der Waals surface area contributed by atoms with E-state index >= 15 is 0 Å². The molecule has 1 atom stereocenters. The van der Waals surface area contributed by atoms with Crippen LogP contribution in [0.15, 0.2) is 30.3 Å². The van der Waals surface area contributed by atoms with Crippen LogP contribution in [0.3, 0.4) is 0 Å². The third-order valence-corrected chi connectivity index (χ3v) is 6.06. The quantitative estimate of drug-likeness (QED) is 0.930. The normalized spacial score (nSPS) is 29.9. The van der Waals surface area contributed by atoms with E-state index in [1.807, 2.05) is 6.07 Å². The summed E-state index contributed by atoms with van der Waals surface area (Å²) in [6, 6.07) is 10.4. The van der Waals surface area contributed by atoms with E-state index in [1.165, 1.54) is 31.2 Å². The fraction of sp³-hybridized carbons (Fsp3) is 0.588. The van der Waals surface area contributed by atoms with Crippen molar-refractivity contribution in [2.75, 3.05) is 18.8 Å². The van der Waals surface area contributed by atoms with E-state index in [0.29, 0.717) is 23.5 Å². The lowest BCUT2D eigenvalue weighted by atomic mass is 9.82. The molecule has 1 amide bonds. The molecule has 0 bridgehead atoms. The maximum Gasteiger partial charge on any atom is 0.233 e. The minimum atomic E-state index is 0.214. The lowest BCUT2D eigenvalue weighted by Gasteiger charge is -2.33. The predicted molar refractivity (Wildman–Crippen MR) is 87.9 cm³/mol. The van der Waals surface area contributed by atoms with Gasteiger partial charge in [0.05, 0.1) is 5.75 Å². The molecule has 4 heteroatoms. The van der Waals surface area contributed by atoms with E-state index in [2.05, 4.69) is 29.2 Å². The Morgan fingerprint density at radius 2 is 1.76 bits per heavy atom. The smallest absolute Gasteiger partial charge is 0.233 e. The first-order valence-corrected chi connectivity index (χ1v) is 8.99. The Balaban J connectivity index is 1.64. The second-order valence-corrected chi connectivity index (χ2v) is 7.31. The molecule has 1 aliphatic heterocycles. The molecule has 1 aromatic rings. The number of amides is 1. The largest absolute Gasteiger partial charge is 0.330 e. The fourth-order valence-electron chi connectivity index (χ4n) is 3.47. The van der Waals surface area contributed by atoms with Crippen molar-refractivity contribution in [3.8, 4) is 0 Å². The molecule has 1 saturated heterocycles. The number of carbonyl (C=O) groups excluding carboxylic acids is 1. The summed E-state index contributed by atoms with van der Waals surface area (Å²) < 4.78 is 0. The molecule has 0 radical (unpaired) electrons. The molecule has 0 spiro atoms. The van der Waals surface area contributed by atoms with Crippen LogP contribution in [0.1, 0.15) is 36.6 Å². The van der Waals surface area contributed by atoms with Crippen molar-refractivity contribution < 1.29 is 4.79 Å². The highest BCUT2D eigenvalue weighted by atomic mass is 32.2. The van der Waals surface area contributed by atoms with Crippen LogP contribution in [0.25, 0.3) is 0 Å². The van der Waals surface area contributed by atoms with Gasteiger partial charge >= 0.3 is 0 Å². The minimum Gasteiger partial charge on any atom is -0.330 e. The van der Waals surface area contributed by atoms with E-state index in [0.717, 1.165) is 13.1 Å². The molecule has 1 saturated carbocycles. The molecule has 1 heterocycles. The Labute approximate surface area is 131 Å². The Hall–Kier alpha value is -1.00. The first kappa shape index (κ1) is 14.9. The highest BCUT2D eigenvalue weighted by Crippen LogP contribution is 2.40. The molecular weight excluding hydrogens is 280 g/mol. The van der Waals surface area contributed by atoms with Gasteiger partial charge in [-0.05, 0) is 49.6 Å². The average Bonchev–Trinajstić information content (AvgIpc) is 2.90. The molecule has 0 aromatic heterocycles. The third-order valence-electron chi connectivity index (χ3n) is 4.81. The molecule has 1 aromatic carbocycles. The van der Waals surface area contributed by atoms with Gasteiger partial charge in [0, 0.05) is 6.54 Å². The zero-order chi connectivity index (χ0) is 14.7. The van der Waals surface area contributed by atoms with Crippen molar-refractivity contribution >= 4 is 17.7 Å². The second-order valence-electron chi connectivity index (χ2n) is 6.24. The van der Waals surface area contributed by atoms with Gasteiger partial charge < -0.3 is 10.6 Å². The number of nitrogens with two attached hydrogens (primary N) is 1. The lowest BCUT2D eigenvalue weighted by Crippen LogP contribution is -2.35. The molecule has 3 nitrogen and oxygen atoms in total. The van der Waals surface area contributed by atoms with Crippen LogP contribution in [0, 0.1) is 11.8 Å². The number of thioether (sulfide) groups is 1. The Morgan fingerprint density at radius 1 is 1.10 bits per heavy atom. The minimum absolute atomic E-state index is 0.214. The van der Waals surface area contributed by atoms with Crippen molar-refractivity contribution in [3.63, 3.8) is 0 Å². The van der Waals surface area contributed by atoms with Gasteiger partial charge in [0.25, 0.3) is 0 Å². The van der Waals surface area contributed by atoms with Crippen LogP contribution in [-0.4, -0.2) is 29.6 Å². The first-order chi connectivity index (χ1) is 10.3. The predicted octanol–water partition coefficient (Wildman–Crippen LogP) is 3.03. The van der Waals surface area contributed by atoms with Crippen LogP contribution in [0.4, 0.5) is 0 Å². The van der Waals surface area contributed by atoms with E-state index < -0.39 is 0 Å². The SMILES string of the molecule is NCC1CCC(CN2C(=O)CSC2c2ccccc2)CC1. The summed E-state index contributed by atoms with van der Waals surface area (Å²) in [4.78, 5) is 14.3. The standard InChI is InChI=1S/C17H24N2OS/c18-10-13-6-8-14(9-7-13)11-19-16(20)12-21-17(19)15-4-2-1-3-5-15/h1-5,13-14,17H,6-12,18H2. The van der Waals surface area contributed by atoms with Crippen LogP contribution >= 0.6 is 11.8 Å². The second kappa shape index (κ2) is 6.84. The molecule has 21 heavy (non-hydrogen) atoms. The summed E-state index contributed by atoms with van der Waals surface area (Å²) in [7, 11) is 0. The van der Waals surface area contributed by atoms with E-state index in [1.54, 1.807) is 11.8 Å². The number of hydrogen-bond donors (Lipinski definition) is 1. The average molecular weight is 304 g/mol. The van der Waals surface area contributed by atoms with Gasteiger partial charge in [0.2, 0.25) is 5.91 Å². The molecule has 3 rings (SSSR count). The van der Waals surface area contributed by atoms with Crippen molar-refractivity contribution in [1.29, 1.82) is 0 Å². The van der Waals surface area contributed by atoms with Gasteiger partial charge in [-0.25, -0.2) is 0 Å². The first-order valence-electron chi connectivity index (χ1n) is 7.94. The van der Waals surface area contributed by atoms with Gasteiger partial charge in [0.1, 0.15) is 5.37 Å². The Morgan fingerprint density at radius 3 is 2.43 bits per heavy atom. The highest BCUT2D eigenvalue weighted by Gasteiger charge is 2.34. The summed E-state index contributed by atoms with van der Waals surface area (Å²) in [6.07, 6.45) is 4.90. The number of benzene rings is 1. The molecule has 1 unspecified atom stereocenters. The van der Waals surface area contributed by atoms with Crippen LogP contribution in [0.2, 0.25) is 0 Å². The van der Waals surface area contributed by atoms with Crippen molar-refractivity contribution in [2.45, 2.75) is 31.1 Å². The zero-order valence-electron chi connectivity index (χ0n) is 12.4. The van der Waals surface area contributed by atoms with E-state index in [4.69, 9.17) is 5.73 Å². The summed E-state index contributed by atoms with van der Waals surface area (Å²) in [5.74, 6) is 2.28. The number of rotatable bonds is 4. The molecule has 2 N–H and O–H groups in total.